The first-order valence-corrected chi connectivity index (χ1v) is 15.5. The summed E-state index contributed by atoms with van der Waals surface area (Å²) in [6.07, 6.45) is 7.83. The van der Waals surface area contributed by atoms with Crippen molar-refractivity contribution in [1.82, 2.24) is 20.1 Å². The predicted molar refractivity (Wildman–Crippen MR) is 172 cm³/mol. The number of nitrogens with two attached hydrogens (primary N) is 1. The molecule has 3 N–H and O–H groups in total. The third kappa shape index (κ3) is 8.27. The molecule has 0 atom stereocenters. The summed E-state index contributed by atoms with van der Waals surface area (Å²) in [6, 6.07) is 17.3. The standard InChI is InChI=1S/C23H26N2O3.C12H15N3O2/c1-15-16(2)27-22-8-7-20(13-21(15)22)28-19-9-11-25(12-10-19)14-17-3-5-18(6-4-17)23(24)26;16-9-14-11-3-7-15(8-4-11)12(17)10-1-5-13-6-2-10/h3-8,13,19H,9-12,14H2,1-2H3,(H2,24,26);1-2,5-6,9,11H,3-4,7-8H2,(H,14,16). The molecule has 0 unspecified atom stereocenters. The minimum Gasteiger partial charge on any atom is -0.490 e. The molecule has 0 radical (unpaired) electrons. The zero-order valence-electron chi connectivity index (χ0n) is 25.9. The largest absolute Gasteiger partial charge is 0.490 e. The van der Waals surface area contributed by atoms with Gasteiger partial charge in [-0.05, 0) is 93.1 Å². The molecular weight excluding hydrogens is 570 g/mol. The van der Waals surface area contributed by atoms with Gasteiger partial charge in [-0.3, -0.25) is 24.3 Å². The Labute approximate surface area is 263 Å². The smallest absolute Gasteiger partial charge is 0.253 e. The molecule has 2 aliphatic rings. The molecule has 6 rings (SSSR count). The van der Waals surface area contributed by atoms with E-state index in [1.54, 1.807) is 36.7 Å². The van der Waals surface area contributed by atoms with Crippen molar-refractivity contribution in [2.24, 2.45) is 5.73 Å². The number of fused-ring (bicyclic) bond motifs is 1. The Morgan fingerprint density at radius 1 is 0.956 bits per heavy atom. The Morgan fingerprint density at radius 2 is 1.64 bits per heavy atom. The fourth-order valence-electron chi connectivity index (χ4n) is 5.83. The summed E-state index contributed by atoms with van der Waals surface area (Å²) in [4.78, 5) is 41.7. The fourth-order valence-corrected chi connectivity index (χ4v) is 5.83. The molecule has 45 heavy (non-hydrogen) atoms. The van der Waals surface area contributed by atoms with E-state index in [0.29, 0.717) is 24.2 Å². The lowest BCUT2D eigenvalue weighted by atomic mass is 10.0. The summed E-state index contributed by atoms with van der Waals surface area (Å²) in [7, 11) is 0. The number of pyridine rings is 1. The number of nitrogens with one attached hydrogen (secondary N) is 1. The number of aryl methyl sites for hydroxylation is 2. The van der Waals surface area contributed by atoms with Crippen LogP contribution in [0.2, 0.25) is 0 Å². The van der Waals surface area contributed by atoms with Gasteiger partial charge in [-0.2, -0.15) is 0 Å². The van der Waals surface area contributed by atoms with Crippen LogP contribution in [-0.4, -0.2) is 71.3 Å². The lowest BCUT2D eigenvalue weighted by Gasteiger charge is -2.32. The number of hydrogen-bond donors (Lipinski definition) is 2. The number of carbonyl (C=O) groups excluding carboxylic acids is 3. The second-order valence-electron chi connectivity index (χ2n) is 11.7. The number of rotatable bonds is 8. The summed E-state index contributed by atoms with van der Waals surface area (Å²) in [5.74, 6) is 1.53. The average Bonchev–Trinajstić information content (AvgIpc) is 3.35. The van der Waals surface area contributed by atoms with E-state index in [1.165, 1.54) is 11.1 Å². The zero-order chi connectivity index (χ0) is 31.8. The van der Waals surface area contributed by atoms with Gasteiger partial charge < -0.3 is 25.1 Å². The van der Waals surface area contributed by atoms with Gasteiger partial charge in [0.2, 0.25) is 12.3 Å². The minimum atomic E-state index is -0.386. The molecule has 4 aromatic rings. The monoisotopic (exact) mass is 611 g/mol. The van der Waals surface area contributed by atoms with E-state index in [9.17, 15) is 14.4 Å². The molecule has 0 saturated carbocycles. The average molecular weight is 612 g/mol. The molecule has 2 fully saturated rings. The number of likely N-dealkylation sites (tertiary alicyclic amines) is 2. The molecule has 0 bridgehead atoms. The molecule has 0 spiro atoms. The lowest BCUT2D eigenvalue weighted by molar-refractivity contribution is -0.110. The predicted octanol–water partition coefficient (Wildman–Crippen LogP) is 4.62. The van der Waals surface area contributed by atoms with E-state index in [1.807, 2.05) is 36.1 Å². The number of benzene rings is 2. The van der Waals surface area contributed by atoms with E-state index in [4.69, 9.17) is 14.9 Å². The van der Waals surface area contributed by atoms with Gasteiger partial charge >= 0.3 is 0 Å². The lowest BCUT2D eigenvalue weighted by Crippen LogP contribution is -2.44. The van der Waals surface area contributed by atoms with Gasteiger partial charge in [0.25, 0.3) is 5.91 Å². The third-order valence-corrected chi connectivity index (χ3v) is 8.64. The molecule has 10 nitrogen and oxygen atoms in total. The number of hydrogen-bond acceptors (Lipinski definition) is 7. The molecule has 2 aliphatic heterocycles. The van der Waals surface area contributed by atoms with Crippen LogP contribution in [0.3, 0.4) is 0 Å². The van der Waals surface area contributed by atoms with Crippen LogP contribution in [0.1, 0.15) is 63.3 Å². The van der Waals surface area contributed by atoms with Crippen LogP contribution in [0.15, 0.2) is 71.4 Å². The number of furan rings is 1. The zero-order valence-corrected chi connectivity index (χ0v) is 25.9. The van der Waals surface area contributed by atoms with E-state index in [-0.39, 0.29) is 24.0 Å². The van der Waals surface area contributed by atoms with Gasteiger partial charge in [-0.1, -0.05) is 12.1 Å². The van der Waals surface area contributed by atoms with Crippen LogP contribution in [0.25, 0.3) is 11.0 Å². The Kier molecular flexibility index (Phi) is 10.5. The molecule has 4 heterocycles. The fraction of sp³-hybridized carbons (Fsp3) is 0.371. The third-order valence-electron chi connectivity index (χ3n) is 8.64. The normalized spacial score (nSPS) is 16.1. The number of ether oxygens (including phenoxy) is 1. The highest BCUT2D eigenvalue weighted by atomic mass is 16.5. The Morgan fingerprint density at radius 3 is 2.29 bits per heavy atom. The molecule has 0 aliphatic carbocycles. The number of primary amides is 1. The van der Waals surface area contributed by atoms with E-state index in [2.05, 4.69) is 28.2 Å². The number of nitrogens with zero attached hydrogens (tertiary/aromatic N) is 3. The van der Waals surface area contributed by atoms with Crippen LogP contribution in [0.5, 0.6) is 5.75 Å². The summed E-state index contributed by atoms with van der Waals surface area (Å²) in [6.45, 7) is 8.32. The van der Waals surface area contributed by atoms with E-state index < -0.39 is 0 Å². The summed E-state index contributed by atoms with van der Waals surface area (Å²) >= 11 is 0. The molecular formula is C35H41N5O5. The number of aromatic nitrogens is 1. The van der Waals surface area contributed by atoms with Gasteiger partial charge in [-0.25, -0.2) is 0 Å². The maximum Gasteiger partial charge on any atom is 0.253 e. The summed E-state index contributed by atoms with van der Waals surface area (Å²) in [5, 5.41) is 3.89. The quantitative estimate of drug-likeness (QED) is 0.278. The molecule has 10 heteroatoms. The highest BCUT2D eigenvalue weighted by molar-refractivity contribution is 5.94. The second kappa shape index (κ2) is 14.9. The number of amides is 3. The van der Waals surface area contributed by atoms with Crippen LogP contribution in [0, 0.1) is 13.8 Å². The van der Waals surface area contributed by atoms with Gasteiger partial charge in [0.15, 0.2) is 0 Å². The van der Waals surface area contributed by atoms with Gasteiger partial charge in [-0.15, -0.1) is 0 Å². The van der Waals surface area contributed by atoms with Crippen molar-refractivity contribution in [2.75, 3.05) is 26.2 Å². The van der Waals surface area contributed by atoms with Crippen molar-refractivity contribution in [3.8, 4) is 5.75 Å². The second-order valence-corrected chi connectivity index (χ2v) is 11.7. The van der Waals surface area contributed by atoms with Gasteiger partial charge in [0, 0.05) is 67.7 Å². The van der Waals surface area contributed by atoms with E-state index >= 15 is 0 Å². The van der Waals surface area contributed by atoms with Crippen LogP contribution < -0.4 is 15.8 Å². The van der Waals surface area contributed by atoms with Crippen molar-refractivity contribution < 1.29 is 23.5 Å². The highest BCUT2D eigenvalue weighted by Crippen LogP contribution is 2.30. The van der Waals surface area contributed by atoms with Crippen molar-refractivity contribution in [3.05, 3.63) is 95.0 Å². The maximum absolute atomic E-state index is 12.1. The summed E-state index contributed by atoms with van der Waals surface area (Å²) < 4.78 is 12.0. The van der Waals surface area contributed by atoms with Crippen molar-refractivity contribution in [2.45, 2.75) is 58.2 Å². The molecule has 236 valence electrons. The van der Waals surface area contributed by atoms with Gasteiger partial charge in [0.05, 0.1) is 0 Å². The van der Waals surface area contributed by atoms with Crippen LogP contribution >= 0.6 is 0 Å². The summed E-state index contributed by atoms with van der Waals surface area (Å²) in [5.41, 5.74) is 9.81. The maximum atomic E-state index is 12.1. The Bertz CT molecular complexity index is 1590. The first-order chi connectivity index (χ1) is 21.8. The number of carbonyl (C=O) groups is 3. The van der Waals surface area contributed by atoms with Crippen LogP contribution in [0.4, 0.5) is 0 Å². The SMILES string of the molecule is Cc1oc2ccc(OC3CCN(Cc4ccc(C(N)=O)cc4)CC3)cc2c1C.O=CNC1CCN(C(=O)c2ccncc2)CC1. The Hall–Kier alpha value is -4.70. The first kappa shape index (κ1) is 31.7. The first-order valence-electron chi connectivity index (χ1n) is 15.5. The molecule has 2 saturated heterocycles. The number of piperidine rings is 2. The van der Waals surface area contributed by atoms with Crippen molar-refractivity contribution >= 4 is 29.2 Å². The molecule has 2 aromatic heterocycles. The molecule has 2 aromatic carbocycles. The Balaban J connectivity index is 0.000000201. The minimum absolute atomic E-state index is 0.0388. The van der Waals surface area contributed by atoms with Crippen molar-refractivity contribution in [3.63, 3.8) is 0 Å². The topological polar surface area (TPSA) is 131 Å². The molecule has 3 amide bonds. The van der Waals surface area contributed by atoms with E-state index in [0.717, 1.165) is 74.2 Å². The van der Waals surface area contributed by atoms with Gasteiger partial charge in [0.1, 0.15) is 23.2 Å². The van der Waals surface area contributed by atoms with Crippen LogP contribution in [-0.2, 0) is 11.3 Å². The van der Waals surface area contributed by atoms with Crippen molar-refractivity contribution in [1.29, 1.82) is 0 Å². The highest BCUT2D eigenvalue weighted by Gasteiger charge is 2.23.